The molecule has 0 unspecified atom stereocenters. The summed E-state index contributed by atoms with van der Waals surface area (Å²) in [5.74, 6) is 0.0243. The van der Waals surface area contributed by atoms with E-state index in [4.69, 9.17) is 4.74 Å². The first-order valence-corrected chi connectivity index (χ1v) is 10.8. The number of benzene rings is 1. The minimum Gasteiger partial charge on any atom is -0.464 e. The van der Waals surface area contributed by atoms with E-state index >= 15 is 0 Å². The summed E-state index contributed by atoms with van der Waals surface area (Å²) in [6, 6.07) is 10.3. The van der Waals surface area contributed by atoms with Gasteiger partial charge >= 0.3 is 5.97 Å². The van der Waals surface area contributed by atoms with Crippen LogP contribution in [0.2, 0.25) is 0 Å². The molecule has 0 aliphatic carbocycles. The van der Waals surface area contributed by atoms with Gasteiger partial charge in [0.15, 0.2) is 5.16 Å². The lowest BCUT2D eigenvalue weighted by molar-refractivity contribution is -0.146. The molecule has 7 heteroatoms. The number of ether oxygens (including phenoxy) is 1. The van der Waals surface area contributed by atoms with Gasteiger partial charge in [-0.1, -0.05) is 70.6 Å². The van der Waals surface area contributed by atoms with Crippen molar-refractivity contribution in [1.29, 1.82) is 5.26 Å². The molecule has 0 radical (unpaired) electrons. The Balaban J connectivity index is 2.30. The summed E-state index contributed by atoms with van der Waals surface area (Å²) >= 11 is 1.41. The fourth-order valence-electron chi connectivity index (χ4n) is 2.59. The highest BCUT2D eigenvalue weighted by Gasteiger charge is 2.18. The summed E-state index contributed by atoms with van der Waals surface area (Å²) in [5, 5.41) is 13.4. The van der Waals surface area contributed by atoms with Gasteiger partial charge in [0.05, 0.1) is 18.2 Å². The number of carbonyl (C=O) groups excluding carboxylic acids is 1. The third-order valence-electron chi connectivity index (χ3n) is 4.32. The molecule has 0 amide bonds. The number of hydrogen-bond acceptors (Lipinski definition) is 7. The third kappa shape index (κ3) is 5.94. The van der Waals surface area contributed by atoms with Gasteiger partial charge in [0.1, 0.15) is 24.1 Å². The number of rotatable bonds is 7. The van der Waals surface area contributed by atoms with E-state index in [0.717, 1.165) is 5.56 Å². The maximum absolute atomic E-state index is 11.6. The van der Waals surface area contributed by atoms with Gasteiger partial charge < -0.3 is 10.1 Å². The van der Waals surface area contributed by atoms with Crippen molar-refractivity contribution in [2.24, 2.45) is 5.92 Å². The molecule has 154 valence electrons. The summed E-state index contributed by atoms with van der Waals surface area (Å²) < 4.78 is 5.18. The minimum atomic E-state index is -0.251. The van der Waals surface area contributed by atoms with Crippen LogP contribution in [-0.2, 0) is 14.9 Å². The first kappa shape index (κ1) is 22.7. The Labute approximate surface area is 177 Å². The van der Waals surface area contributed by atoms with Crippen LogP contribution in [-0.4, -0.2) is 35.3 Å². The molecule has 0 fully saturated rings. The van der Waals surface area contributed by atoms with Crippen molar-refractivity contribution in [3.8, 4) is 17.3 Å². The number of nitrogens with zero attached hydrogens (tertiary/aromatic N) is 3. The van der Waals surface area contributed by atoms with Gasteiger partial charge in [0.25, 0.3) is 0 Å². The fourth-order valence-corrected chi connectivity index (χ4v) is 2.96. The second-order valence-corrected chi connectivity index (χ2v) is 8.74. The molecule has 0 saturated heterocycles. The van der Waals surface area contributed by atoms with Crippen LogP contribution in [0.15, 0.2) is 29.4 Å². The highest BCUT2D eigenvalue weighted by molar-refractivity contribution is 7.98. The Hall–Kier alpha value is -2.59. The number of aromatic nitrogens is 2. The van der Waals surface area contributed by atoms with Crippen LogP contribution in [0.4, 0.5) is 5.82 Å². The SMILES string of the molecule is CSc1nc(NCCOC(=O)C(C)C)c(C#N)c(-c2ccc(C(C)(C)C)cc2)n1. The topological polar surface area (TPSA) is 87.9 Å². The lowest BCUT2D eigenvalue weighted by Crippen LogP contribution is -2.18. The zero-order valence-electron chi connectivity index (χ0n) is 17.9. The molecule has 6 nitrogen and oxygen atoms in total. The van der Waals surface area contributed by atoms with Crippen LogP contribution in [0.5, 0.6) is 0 Å². The molecule has 29 heavy (non-hydrogen) atoms. The zero-order valence-corrected chi connectivity index (χ0v) is 18.7. The Bertz CT molecular complexity index is 897. The molecule has 1 heterocycles. The summed E-state index contributed by atoms with van der Waals surface area (Å²) in [5.41, 5.74) is 3.09. The molecule has 0 spiro atoms. The fraction of sp³-hybridized carbons (Fsp3) is 0.455. The molecule has 0 saturated carbocycles. The molecule has 1 aromatic heterocycles. The van der Waals surface area contributed by atoms with Crippen molar-refractivity contribution >= 4 is 23.5 Å². The average Bonchev–Trinajstić information content (AvgIpc) is 2.69. The van der Waals surface area contributed by atoms with Gasteiger partial charge in [-0.15, -0.1) is 0 Å². The molecule has 0 atom stereocenters. The van der Waals surface area contributed by atoms with E-state index in [1.165, 1.54) is 17.3 Å². The lowest BCUT2D eigenvalue weighted by atomic mass is 9.86. The molecular formula is C22H28N4O2S. The third-order valence-corrected chi connectivity index (χ3v) is 4.87. The van der Waals surface area contributed by atoms with Crippen LogP contribution in [0.3, 0.4) is 0 Å². The second kappa shape index (κ2) is 9.75. The standard InChI is InChI=1S/C22H28N4O2S/c1-14(2)20(27)28-12-11-24-19-17(13-23)18(25-21(26-19)29-6)15-7-9-16(10-8-15)22(3,4)5/h7-10,14H,11-12H2,1-6H3,(H,24,25,26). The summed E-state index contributed by atoms with van der Waals surface area (Å²) in [7, 11) is 0. The predicted molar refractivity (Wildman–Crippen MR) is 117 cm³/mol. The van der Waals surface area contributed by atoms with Crippen LogP contribution < -0.4 is 5.32 Å². The number of esters is 1. The van der Waals surface area contributed by atoms with Gasteiger partial charge in [-0.25, -0.2) is 9.97 Å². The lowest BCUT2D eigenvalue weighted by Gasteiger charge is -2.19. The van der Waals surface area contributed by atoms with Gasteiger partial charge in [-0.05, 0) is 17.2 Å². The van der Waals surface area contributed by atoms with Crippen LogP contribution in [0.25, 0.3) is 11.3 Å². The number of nitrogens with one attached hydrogen (secondary N) is 1. The van der Waals surface area contributed by atoms with E-state index in [2.05, 4.69) is 54.3 Å². The van der Waals surface area contributed by atoms with E-state index in [-0.39, 0.29) is 23.9 Å². The van der Waals surface area contributed by atoms with E-state index in [9.17, 15) is 10.1 Å². The van der Waals surface area contributed by atoms with Crippen molar-refractivity contribution in [3.63, 3.8) is 0 Å². The molecule has 2 aromatic rings. The quantitative estimate of drug-likeness (QED) is 0.306. The maximum Gasteiger partial charge on any atom is 0.308 e. The van der Waals surface area contributed by atoms with E-state index in [1.54, 1.807) is 13.8 Å². The average molecular weight is 413 g/mol. The Morgan fingerprint density at radius 2 is 1.90 bits per heavy atom. The van der Waals surface area contributed by atoms with E-state index < -0.39 is 0 Å². The number of nitriles is 1. The smallest absolute Gasteiger partial charge is 0.308 e. The van der Waals surface area contributed by atoms with E-state index in [0.29, 0.717) is 28.8 Å². The second-order valence-electron chi connectivity index (χ2n) is 7.97. The molecule has 1 aromatic carbocycles. The molecular weight excluding hydrogens is 384 g/mol. The number of anilines is 1. The van der Waals surface area contributed by atoms with E-state index in [1.807, 2.05) is 18.4 Å². The van der Waals surface area contributed by atoms with Crippen molar-refractivity contribution in [2.45, 2.75) is 45.2 Å². The Morgan fingerprint density at radius 1 is 1.24 bits per heavy atom. The Kier molecular flexibility index (Phi) is 7.63. The monoisotopic (exact) mass is 412 g/mol. The van der Waals surface area contributed by atoms with Crippen molar-refractivity contribution < 1.29 is 9.53 Å². The molecule has 0 aliphatic rings. The highest BCUT2D eigenvalue weighted by Crippen LogP contribution is 2.30. The Morgan fingerprint density at radius 3 is 2.41 bits per heavy atom. The van der Waals surface area contributed by atoms with Gasteiger partial charge in [0.2, 0.25) is 0 Å². The van der Waals surface area contributed by atoms with Gasteiger partial charge in [-0.2, -0.15) is 5.26 Å². The number of thioether (sulfide) groups is 1. The molecule has 0 aliphatic heterocycles. The normalized spacial score (nSPS) is 11.2. The summed E-state index contributed by atoms with van der Waals surface area (Å²) in [6.45, 7) is 10.6. The van der Waals surface area contributed by atoms with Crippen molar-refractivity contribution in [1.82, 2.24) is 9.97 Å². The number of carbonyl (C=O) groups is 1. The number of hydrogen-bond donors (Lipinski definition) is 1. The maximum atomic E-state index is 11.6. The van der Waals surface area contributed by atoms with Crippen molar-refractivity contribution in [3.05, 3.63) is 35.4 Å². The first-order chi connectivity index (χ1) is 13.7. The first-order valence-electron chi connectivity index (χ1n) is 9.55. The highest BCUT2D eigenvalue weighted by atomic mass is 32.2. The van der Waals surface area contributed by atoms with Crippen LogP contribution >= 0.6 is 11.8 Å². The summed E-state index contributed by atoms with van der Waals surface area (Å²) in [6.07, 6.45) is 1.89. The molecule has 1 N–H and O–H groups in total. The van der Waals surface area contributed by atoms with Crippen LogP contribution in [0.1, 0.15) is 45.7 Å². The molecule has 2 rings (SSSR count). The van der Waals surface area contributed by atoms with Crippen LogP contribution in [0, 0.1) is 17.2 Å². The van der Waals surface area contributed by atoms with Gasteiger partial charge in [-0.3, -0.25) is 4.79 Å². The predicted octanol–water partition coefficient (Wildman–Crippen LogP) is 4.65. The zero-order chi connectivity index (χ0) is 21.6. The largest absolute Gasteiger partial charge is 0.464 e. The van der Waals surface area contributed by atoms with Crippen molar-refractivity contribution in [2.75, 3.05) is 24.7 Å². The molecule has 0 bridgehead atoms. The minimum absolute atomic E-state index is 0.0484. The van der Waals surface area contributed by atoms with Gasteiger partial charge in [0, 0.05) is 5.56 Å². The summed E-state index contributed by atoms with van der Waals surface area (Å²) in [4.78, 5) is 20.6.